The molecule has 1 atom stereocenters. The summed E-state index contributed by atoms with van der Waals surface area (Å²) in [6.07, 6.45) is 0.521. The van der Waals surface area contributed by atoms with Crippen LogP contribution in [0.5, 0.6) is 17.2 Å². The molecule has 49 heavy (non-hydrogen) atoms. The lowest BCUT2D eigenvalue weighted by atomic mass is 9.99. The van der Waals surface area contributed by atoms with Gasteiger partial charge in [-0.2, -0.15) is 5.10 Å². The maximum absolute atomic E-state index is 14.0. The van der Waals surface area contributed by atoms with Crippen molar-refractivity contribution in [3.8, 4) is 22.9 Å². The van der Waals surface area contributed by atoms with Crippen LogP contribution in [-0.2, 0) is 11.3 Å². The highest BCUT2D eigenvalue weighted by atomic mass is 32.2. The average molecular weight is 697 g/mol. The molecule has 0 saturated carbocycles. The summed E-state index contributed by atoms with van der Waals surface area (Å²) in [7, 11) is 3.18. The SMILES string of the molecule is CCOc1ccc(-n2c(CNC(=O)c3cccc(C)c3)nnc2SCC(=O)N2N=C(c3cccs3)C[C@H]2c2cccc(OC)c2OC)cc1. The molecule has 2 aromatic heterocycles. The molecule has 6 rings (SSSR count). The lowest BCUT2D eigenvalue weighted by Crippen LogP contribution is -2.29. The van der Waals surface area contributed by atoms with Gasteiger partial charge >= 0.3 is 0 Å². The fourth-order valence-electron chi connectivity index (χ4n) is 5.61. The van der Waals surface area contributed by atoms with Crippen LogP contribution < -0.4 is 19.5 Å². The van der Waals surface area contributed by atoms with Gasteiger partial charge in [-0.15, -0.1) is 21.5 Å². The molecule has 5 aromatic rings. The maximum atomic E-state index is 14.0. The summed E-state index contributed by atoms with van der Waals surface area (Å²) < 4.78 is 18.8. The quantitative estimate of drug-likeness (QED) is 0.140. The van der Waals surface area contributed by atoms with Crippen LogP contribution in [0.3, 0.4) is 0 Å². The Morgan fingerprint density at radius 2 is 1.82 bits per heavy atom. The smallest absolute Gasteiger partial charge is 0.253 e. The molecule has 0 saturated heterocycles. The number of nitrogens with one attached hydrogen (secondary N) is 1. The lowest BCUT2D eigenvalue weighted by Gasteiger charge is -2.24. The number of aromatic nitrogens is 3. The van der Waals surface area contributed by atoms with E-state index in [9.17, 15) is 9.59 Å². The number of methoxy groups -OCH3 is 2. The van der Waals surface area contributed by atoms with Crippen molar-refractivity contribution >= 4 is 40.6 Å². The van der Waals surface area contributed by atoms with Crippen molar-refractivity contribution < 1.29 is 23.8 Å². The highest BCUT2D eigenvalue weighted by Gasteiger charge is 2.36. The minimum atomic E-state index is -0.397. The third-order valence-corrected chi connectivity index (χ3v) is 9.71. The zero-order valence-electron chi connectivity index (χ0n) is 27.6. The van der Waals surface area contributed by atoms with Gasteiger partial charge in [0.2, 0.25) is 0 Å². The predicted molar refractivity (Wildman–Crippen MR) is 190 cm³/mol. The second-order valence-corrected chi connectivity index (χ2v) is 13.0. The lowest BCUT2D eigenvalue weighted by molar-refractivity contribution is -0.130. The molecule has 3 aromatic carbocycles. The van der Waals surface area contributed by atoms with Gasteiger partial charge in [0.1, 0.15) is 5.75 Å². The molecule has 0 bridgehead atoms. The summed E-state index contributed by atoms with van der Waals surface area (Å²) in [4.78, 5) is 28.0. The van der Waals surface area contributed by atoms with Crippen LogP contribution >= 0.6 is 23.1 Å². The number of aryl methyl sites for hydroxylation is 1. The van der Waals surface area contributed by atoms with Crippen molar-refractivity contribution in [1.29, 1.82) is 0 Å². The topological polar surface area (TPSA) is 120 Å². The number of nitrogens with zero attached hydrogens (tertiary/aromatic N) is 5. The van der Waals surface area contributed by atoms with Gasteiger partial charge in [0.15, 0.2) is 22.5 Å². The molecule has 13 heteroatoms. The van der Waals surface area contributed by atoms with Gasteiger partial charge < -0.3 is 19.5 Å². The summed E-state index contributed by atoms with van der Waals surface area (Å²) in [5.74, 6) is 1.99. The number of amides is 2. The Morgan fingerprint density at radius 3 is 2.53 bits per heavy atom. The number of hydrogen-bond donors (Lipinski definition) is 1. The van der Waals surface area contributed by atoms with Gasteiger partial charge in [-0.25, -0.2) is 5.01 Å². The van der Waals surface area contributed by atoms with Crippen molar-refractivity contribution in [2.24, 2.45) is 5.10 Å². The Morgan fingerprint density at radius 1 is 1.00 bits per heavy atom. The zero-order chi connectivity index (χ0) is 34.3. The first-order chi connectivity index (χ1) is 23.9. The van der Waals surface area contributed by atoms with Gasteiger partial charge in [0.05, 0.1) is 49.8 Å². The first-order valence-corrected chi connectivity index (χ1v) is 17.6. The van der Waals surface area contributed by atoms with Gasteiger partial charge in [0, 0.05) is 23.2 Å². The van der Waals surface area contributed by atoms with Crippen molar-refractivity contribution in [3.63, 3.8) is 0 Å². The van der Waals surface area contributed by atoms with E-state index >= 15 is 0 Å². The minimum absolute atomic E-state index is 0.0365. The van der Waals surface area contributed by atoms with E-state index in [1.807, 2.05) is 96.6 Å². The van der Waals surface area contributed by atoms with Gasteiger partial charge in [-0.05, 0) is 67.8 Å². The van der Waals surface area contributed by atoms with E-state index in [1.165, 1.54) is 11.8 Å². The summed E-state index contributed by atoms with van der Waals surface area (Å²) >= 11 is 2.83. The predicted octanol–water partition coefficient (Wildman–Crippen LogP) is 6.45. The molecule has 11 nitrogen and oxygen atoms in total. The van der Waals surface area contributed by atoms with Crippen LogP contribution in [-0.4, -0.2) is 63.9 Å². The molecule has 3 heterocycles. The van der Waals surface area contributed by atoms with E-state index < -0.39 is 6.04 Å². The molecule has 252 valence electrons. The molecular weight excluding hydrogens is 661 g/mol. The molecule has 1 aliphatic rings. The highest BCUT2D eigenvalue weighted by Crippen LogP contribution is 2.42. The summed E-state index contributed by atoms with van der Waals surface area (Å²) in [6, 6.07) is 24.1. The van der Waals surface area contributed by atoms with Gasteiger partial charge in [0.25, 0.3) is 11.8 Å². The molecule has 0 unspecified atom stereocenters. The molecule has 0 radical (unpaired) electrons. The molecule has 0 spiro atoms. The van der Waals surface area contributed by atoms with E-state index in [0.29, 0.717) is 41.1 Å². The number of ether oxygens (including phenoxy) is 3. The number of hydrogen-bond acceptors (Lipinski definition) is 10. The van der Waals surface area contributed by atoms with Gasteiger partial charge in [-0.1, -0.05) is 47.7 Å². The Balaban J connectivity index is 1.27. The Hall–Kier alpha value is -5.14. The molecular formula is C36H36N6O5S2. The number of carbonyl (C=O) groups is 2. The fourth-order valence-corrected chi connectivity index (χ4v) is 7.16. The van der Waals surface area contributed by atoms with Crippen LogP contribution in [0.1, 0.15) is 51.6 Å². The summed E-state index contributed by atoms with van der Waals surface area (Å²) in [5.41, 5.74) is 3.95. The van der Waals surface area contributed by atoms with E-state index in [0.717, 1.165) is 33.2 Å². The highest BCUT2D eigenvalue weighted by molar-refractivity contribution is 7.99. The van der Waals surface area contributed by atoms with Crippen molar-refractivity contribution in [3.05, 3.63) is 112 Å². The van der Waals surface area contributed by atoms with Crippen LogP contribution in [0.25, 0.3) is 5.69 Å². The third-order valence-electron chi connectivity index (χ3n) is 7.88. The maximum Gasteiger partial charge on any atom is 0.253 e. The monoisotopic (exact) mass is 696 g/mol. The van der Waals surface area contributed by atoms with E-state index in [2.05, 4.69) is 15.5 Å². The van der Waals surface area contributed by atoms with Crippen LogP contribution in [0.4, 0.5) is 0 Å². The number of para-hydroxylation sites is 1. The normalized spacial score (nSPS) is 14.0. The third kappa shape index (κ3) is 7.47. The second kappa shape index (κ2) is 15.4. The molecule has 0 aliphatic carbocycles. The number of rotatable bonds is 13. The first-order valence-electron chi connectivity index (χ1n) is 15.7. The zero-order valence-corrected chi connectivity index (χ0v) is 29.2. The number of thiophene rings is 1. The van der Waals surface area contributed by atoms with Gasteiger partial charge in [-0.3, -0.25) is 14.2 Å². The number of benzene rings is 3. The fraction of sp³-hybridized carbons (Fsp3) is 0.250. The van der Waals surface area contributed by atoms with Crippen LogP contribution in [0, 0.1) is 6.92 Å². The summed E-state index contributed by atoms with van der Waals surface area (Å²) in [5, 5.41) is 20.7. The van der Waals surface area contributed by atoms with E-state index in [-0.39, 0.29) is 24.1 Å². The number of carbonyl (C=O) groups excluding carboxylic acids is 2. The van der Waals surface area contributed by atoms with Crippen molar-refractivity contribution in [1.82, 2.24) is 25.1 Å². The molecule has 2 amide bonds. The van der Waals surface area contributed by atoms with E-state index in [4.69, 9.17) is 19.3 Å². The number of hydrazone groups is 1. The van der Waals surface area contributed by atoms with E-state index in [1.54, 1.807) is 36.6 Å². The van der Waals surface area contributed by atoms with Crippen LogP contribution in [0.2, 0.25) is 0 Å². The second-order valence-electron chi connectivity index (χ2n) is 11.1. The Kier molecular flexibility index (Phi) is 10.6. The largest absolute Gasteiger partial charge is 0.494 e. The van der Waals surface area contributed by atoms with Crippen LogP contribution in [0.15, 0.2) is 94.5 Å². The molecule has 1 N–H and O–H groups in total. The van der Waals surface area contributed by atoms with Crippen molar-refractivity contribution in [2.75, 3.05) is 26.6 Å². The molecule has 0 fully saturated rings. The molecule has 1 aliphatic heterocycles. The average Bonchev–Trinajstić information content (AvgIpc) is 3.90. The standard InChI is InChI=1S/C36H36N6O5S2/c1-5-47-26-16-14-25(15-17-26)41-32(21-37-35(44)24-10-6-9-23(2)19-24)38-39-36(41)49-22-33(43)42-29(20-28(40-42)31-13-8-18-48-31)27-11-7-12-30(45-3)34(27)46-4/h6-19,29H,5,20-22H2,1-4H3,(H,37,44)/t29-/m0/s1. The Bertz CT molecular complexity index is 1960. The first kappa shape index (κ1) is 33.7. The van der Waals surface area contributed by atoms with Crippen molar-refractivity contribution in [2.45, 2.75) is 38.0 Å². The minimum Gasteiger partial charge on any atom is -0.494 e. The Labute approximate surface area is 292 Å². The summed E-state index contributed by atoms with van der Waals surface area (Å²) in [6.45, 7) is 4.54. The number of thioether (sulfide) groups is 1.